The molecule has 0 amide bonds. The zero-order valence-corrected chi connectivity index (χ0v) is 9.79. The molecule has 2 atom stereocenters. The summed E-state index contributed by atoms with van der Waals surface area (Å²) in [6, 6.07) is 0.316. The van der Waals surface area contributed by atoms with E-state index in [9.17, 15) is 5.11 Å². The van der Waals surface area contributed by atoms with Crippen LogP contribution in [0, 0.1) is 5.41 Å². The van der Waals surface area contributed by atoms with Gasteiger partial charge in [0.25, 0.3) is 0 Å². The average Bonchev–Trinajstić information content (AvgIpc) is 2.25. The summed E-state index contributed by atoms with van der Waals surface area (Å²) in [5, 5.41) is 17.2. The summed E-state index contributed by atoms with van der Waals surface area (Å²) in [4.78, 5) is 2.32. The fourth-order valence-corrected chi connectivity index (χ4v) is 2.17. The Morgan fingerprint density at radius 2 is 2.20 bits per heavy atom. The smallest absolute Gasteiger partial charge is 0.0920 e. The Labute approximate surface area is 92.0 Å². The zero-order valence-electron chi connectivity index (χ0n) is 9.79. The van der Waals surface area contributed by atoms with Crippen molar-refractivity contribution in [1.82, 2.24) is 4.90 Å². The summed E-state index contributed by atoms with van der Waals surface area (Å²) in [7, 11) is 0. The lowest BCUT2D eigenvalue weighted by Crippen LogP contribution is -2.37. The fourth-order valence-electron chi connectivity index (χ4n) is 2.17. The molecule has 0 aromatic rings. The van der Waals surface area contributed by atoms with Gasteiger partial charge in [-0.3, -0.25) is 5.41 Å². The first-order chi connectivity index (χ1) is 6.91. The second-order valence-electron chi connectivity index (χ2n) is 4.96. The summed E-state index contributed by atoms with van der Waals surface area (Å²) in [5.74, 6) is 0.249. The quantitative estimate of drug-likeness (QED) is 0.482. The van der Waals surface area contributed by atoms with Crippen LogP contribution in [0.1, 0.15) is 39.5 Å². The molecular weight excluding hydrogens is 190 g/mol. The minimum absolute atomic E-state index is 0.249. The summed E-state index contributed by atoms with van der Waals surface area (Å²) < 4.78 is 0. The van der Waals surface area contributed by atoms with Gasteiger partial charge < -0.3 is 15.7 Å². The van der Waals surface area contributed by atoms with Crippen LogP contribution >= 0.6 is 0 Å². The Balaban J connectivity index is 2.46. The highest BCUT2D eigenvalue weighted by Gasteiger charge is 2.26. The highest BCUT2D eigenvalue weighted by atomic mass is 16.3. The molecule has 0 spiro atoms. The molecule has 4 heteroatoms. The minimum Gasteiger partial charge on any atom is -0.390 e. The standard InChI is InChI=1S/C11H23N3O/c1-9(8-10(12)13)14-6-3-4-11(2,15)5-7-14/h9,15H,3-8H2,1-2H3,(H3,12,13). The van der Waals surface area contributed by atoms with Crippen LogP contribution < -0.4 is 5.73 Å². The average molecular weight is 213 g/mol. The lowest BCUT2D eigenvalue weighted by molar-refractivity contribution is 0.0435. The van der Waals surface area contributed by atoms with Gasteiger partial charge in [-0.2, -0.15) is 0 Å². The summed E-state index contributed by atoms with van der Waals surface area (Å²) in [6.45, 7) is 5.92. The van der Waals surface area contributed by atoms with Crippen molar-refractivity contribution in [3.63, 3.8) is 0 Å². The van der Waals surface area contributed by atoms with Gasteiger partial charge in [0.15, 0.2) is 0 Å². The number of nitrogens with one attached hydrogen (secondary N) is 1. The number of nitrogens with two attached hydrogens (primary N) is 1. The van der Waals surface area contributed by atoms with Crippen molar-refractivity contribution < 1.29 is 5.11 Å². The second-order valence-corrected chi connectivity index (χ2v) is 4.96. The van der Waals surface area contributed by atoms with E-state index in [1.807, 2.05) is 6.92 Å². The van der Waals surface area contributed by atoms with Crippen LogP contribution in [0.5, 0.6) is 0 Å². The molecule has 0 aliphatic carbocycles. The van der Waals surface area contributed by atoms with Crippen LogP contribution in [0.3, 0.4) is 0 Å². The molecule has 1 aliphatic heterocycles. The van der Waals surface area contributed by atoms with E-state index < -0.39 is 5.60 Å². The third-order valence-electron chi connectivity index (χ3n) is 3.24. The summed E-state index contributed by atoms with van der Waals surface area (Å²) in [5.41, 5.74) is 4.89. The molecule has 1 fully saturated rings. The summed E-state index contributed by atoms with van der Waals surface area (Å²) >= 11 is 0. The van der Waals surface area contributed by atoms with E-state index in [4.69, 9.17) is 11.1 Å². The molecule has 4 N–H and O–H groups in total. The van der Waals surface area contributed by atoms with E-state index in [2.05, 4.69) is 11.8 Å². The van der Waals surface area contributed by atoms with Crippen LogP contribution in [-0.4, -0.2) is 40.6 Å². The van der Waals surface area contributed by atoms with Crippen LogP contribution in [0.25, 0.3) is 0 Å². The predicted molar refractivity (Wildman–Crippen MR) is 62.0 cm³/mol. The van der Waals surface area contributed by atoms with Crippen LogP contribution in [0.4, 0.5) is 0 Å². The van der Waals surface area contributed by atoms with Gasteiger partial charge in [0.1, 0.15) is 0 Å². The highest BCUT2D eigenvalue weighted by molar-refractivity contribution is 5.77. The van der Waals surface area contributed by atoms with Crippen LogP contribution in [0.15, 0.2) is 0 Å². The van der Waals surface area contributed by atoms with Crippen molar-refractivity contribution in [2.45, 2.75) is 51.2 Å². The molecule has 1 saturated heterocycles. The number of hydrogen-bond donors (Lipinski definition) is 3. The topological polar surface area (TPSA) is 73.3 Å². The van der Waals surface area contributed by atoms with Gasteiger partial charge in [0.05, 0.1) is 11.4 Å². The monoisotopic (exact) mass is 213 g/mol. The van der Waals surface area contributed by atoms with Crippen molar-refractivity contribution in [2.24, 2.45) is 5.73 Å². The number of amidine groups is 1. The van der Waals surface area contributed by atoms with Crippen molar-refractivity contribution in [3.05, 3.63) is 0 Å². The maximum Gasteiger partial charge on any atom is 0.0920 e. The molecule has 4 nitrogen and oxygen atoms in total. The maximum absolute atomic E-state index is 9.94. The Hall–Kier alpha value is -0.610. The van der Waals surface area contributed by atoms with Crippen molar-refractivity contribution in [2.75, 3.05) is 13.1 Å². The third kappa shape index (κ3) is 4.18. The van der Waals surface area contributed by atoms with E-state index in [-0.39, 0.29) is 5.84 Å². The van der Waals surface area contributed by atoms with E-state index in [0.29, 0.717) is 12.5 Å². The Bertz CT molecular complexity index is 228. The van der Waals surface area contributed by atoms with Gasteiger partial charge >= 0.3 is 0 Å². The highest BCUT2D eigenvalue weighted by Crippen LogP contribution is 2.22. The Morgan fingerprint density at radius 3 is 2.80 bits per heavy atom. The largest absolute Gasteiger partial charge is 0.390 e. The van der Waals surface area contributed by atoms with E-state index in [0.717, 1.165) is 32.4 Å². The maximum atomic E-state index is 9.94. The van der Waals surface area contributed by atoms with Gasteiger partial charge in [0, 0.05) is 19.0 Å². The van der Waals surface area contributed by atoms with Gasteiger partial charge in [-0.1, -0.05) is 0 Å². The first-order valence-corrected chi connectivity index (χ1v) is 5.70. The Morgan fingerprint density at radius 1 is 1.53 bits per heavy atom. The van der Waals surface area contributed by atoms with E-state index in [1.165, 1.54) is 0 Å². The lowest BCUT2D eigenvalue weighted by Gasteiger charge is -2.27. The number of aliphatic hydroxyl groups is 1. The van der Waals surface area contributed by atoms with Gasteiger partial charge in [-0.05, 0) is 39.7 Å². The predicted octanol–water partition coefficient (Wildman–Crippen LogP) is 0.938. The molecule has 1 aliphatic rings. The van der Waals surface area contributed by atoms with E-state index >= 15 is 0 Å². The Kier molecular flexibility index (Phi) is 4.11. The molecule has 2 unspecified atom stereocenters. The summed E-state index contributed by atoms with van der Waals surface area (Å²) in [6.07, 6.45) is 3.34. The molecule has 0 aromatic carbocycles. The normalized spacial score (nSPS) is 30.9. The van der Waals surface area contributed by atoms with Crippen LogP contribution in [-0.2, 0) is 0 Å². The van der Waals surface area contributed by atoms with Crippen LogP contribution in [0.2, 0.25) is 0 Å². The van der Waals surface area contributed by atoms with Gasteiger partial charge in [0.2, 0.25) is 0 Å². The van der Waals surface area contributed by atoms with Crippen molar-refractivity contribution in [3.8, 4) is 0 Å². The van der Waals surface area contributed by atoms with Crippen molar-refractivity contribution >= 4 is 5.84 Å². The molecule has 88 valence electrons. The first-order valence-electron chi connectivity index (χ1n) is 5.70. The molecule has 0 bridgehead atoms. The number of rotatable bonds is 3. The molecule has 15 heavy (non-hydrogen) atoms. The van der Waals surface area contributed by atoms with Gasteiger partial charge in [-0.25, -0.2) is 0 Å². The second kappa shape index (κ2) is 4.94. The SMILES string of the molecule is CC(CC(=N)N)N1CCCC(C)(O)CC1. The molecule has 0 saturated carbocycles. The van der Waals surface area contributed by atoms with E-state index in [1.54, 1.807) is 0 Å². The fraction of sp³-hybridized carbons (Fsp3) is 0.909. The number of nitrogens with zero attached hydrogens (tertiary/aromatic N) is 1. The number of hydrogen-bond acceptors (Lipinski definition) is 3. The number of likely N-dealkylation sites (tertiary alicyclic amines) is 1. The van der Waals surface area contributed by atoms with Crippen molar-refractivity contribution in [1.29, 1.82) is 5.41 Å². The first kappa shape index (κ1) is 12.5. The van der Waals surface area contributed by atoms with Gasteiger partial charge in [-0.15, -0.1) is 0 Å². The minimum atomic E-state index is -0.509. The third-order valence-corrected chi connectivity index (χ3v) is 3.24. The lowest BCUT2D eigenvalue weighted by atomic mass is 9.98. The molecule has 1 rings (SSSR count). The zero-order chi connectivity index (χ0) is 11.5. The molecule has 1 heterocycles. The molecule has 0 radical (unpaired) electrons. The molecular formula is C11H23N3O. The molecule has 0 aromatic heterocycles.